The van der Waals surface area contributed by atoms with E-state index < -0.39 is 36.0 Å². The van der Waals surface area contributed by atoms with E-state index >= 15 is 0 Å². The second kappa shape index (κ2) is 10.6. The van der Waals surface area contributed by atoms with Gasteiger partial charge in [-0.15, -0.1) is 11.3 Å². The van der Waals surface area contributed by atoms with Gasteiger partial charge in [-0.25, -0.2) is 4.79 Å². The third-order valence-corrected chi connectivity index (χ3v) is 6.90. The number of halogens is 3. The van der Waals surface area contributed by atoms with Gasteiger partial charge in [0.1, 0.15) is 18.2 Å². The molecule has 0 aliphatic carbocycles. The minimum Gasteiger partial charge on any atom is -0.481 e. The molecule has 37 heavy (non-hydrogen) atoms. The molecular formula is C27H23F3N2O4S. The number of nitrogens with one attached hydrogen (secondary N) is 1. The van der Waals surface area contributed by atoms with E-state index in [4.69, 9.17) is 25.4 Å². The van der Waals surface area contributed by atoms with Gasteiger partial charge in [0, 0.05) is 22.8 Å². The molecule has 0 saturated heterocycles. The number of alkyl halides is 3. The number of nitrogen functional groups attached to an aromatic ring is 1. The van der Waals surface area contributed by atoms with Crippen LogP contribution in [0, 0.1) is 5.41 Å². The van der Waals surface area contributed by atoms with Crippen molar-refractivity contribution in [2.45, 2.75) is 17.9 Å². The van der Waals surface area contributed by atoms with Crippen molar-refractivity contribution in [3.63, 3.8) is 0 Å². The zero-order valence-electron chi connectivity index (χ0n) is 19.6. The van der Waals surface area contributed by atoms with Crippen LogP contribution in [-0.4, -0.2) is 31.7 Å². The quantitative estimate of drug-likeness (QED) is 0.159. The summed E-state index contributed by atoms with van der Waals surface area (Å²) in [6, 6.07) is 22.3. The highest BCUT2D eigenvalue weighted by Crippen LogP contribution is 2.43. The molecule has 0 bridgehead atoms. The number of thiophene rings is 1. The fourth-order valence-corrected chi connectivity index (χ4v) is 4.87. The molecule has 0 aliphatic rings. The minimum atomic E-state index is -5.09. The van der Waals surface area contributed by atoms with Gasteiger partial charge in [0.05, 0.1) is 4.88 Å². The van der Waals surface area contributed by atoms with Crippen LogP contribution in [0.2, 0.25) is 0 Å². The van der Waals surface area contributed by atoms with E-state index in [1.807, 2.05) is 6.07 Å². The molecule has 1 aromatic heterocycles. The highest BCUT2D eigenvalue weighted by atomic mass is 32.1. The second-order valence-electron chi connectivity index (χ2n) is 8.06. The van der Waals surface area contributed by atoms with Crippen molar-refractivity contribution in [2.24, 2.45) is 5.73 Å². The van der Waals surface area contributed by atoms with Gasteiger partial charge >= 0.3 is 12.1 Å². The van der Waals surface area contributed by atoms with Crippen molar-refractivity contribution in [2.75, 3.05) is 13.7 Å². The van der Waals surface area contributed by atoms with Crippen LogP contribution in [0.3, 0.4) is 0 Å². The van der Waals surface area contributed by atoms with Crippen molar-refractivity contribution < 1.29 is 32.2 Å². The predicted octanol–water partition coefficient (Wildman–Crippen LogP) is 5.95. The summed E-state index contributed by atoms with van der Waals surface area (Å²) >= 11 is 1.31. The van der Waals surface area contributed by atoms with Crippen molar-refractivity contribution in [3.8, 4) is 5.75 Å². The summed E-state index contributed by atoms with van der Waals surface area (Å²) in [7, 11) is 0.816. The van der Waals surface area contributed by atoms with Gasteiger partial charge in [-0.1, -0.05) is 66.7 Å². The molecule has 10 heteroatoms. The minimum absolute atomic E-state index is 0.0929. The van der Waals surface area contributed by atoms with Crippen LogP contribution in [0.5, 0.6) is 5.75 Å². The lowest BCUT2D eigenvalue weighted by Crippen LogP contribution is -2.52. The Morgan fingerprint density at radius 2 is 1.65 bits per heavy atom. The van der Waals surface area contributed by atoms with Crippen LogP contribution >= 0.6 is 11.3 Å². The standard InChI is InChI=1S/C27H23F3N2O4S/c1-34-26(27(28,29)30,18-11-6-3-7-12-18)25(33)35-16-21(17-9-4-2-5-10-17)36-20-13-8-14-22-19(20)15-23(37-22)24(31)32/h2-15,21H,16H2,1H3,(H3,31,32)/t21-,26+/m0/s1. The maximum atomic E-state index is 14.3. The normalized spacial score (nSPS) is 14.1. The number of fused-ring (bicyclic) bond motifs is 1. The molecule has 0 spiro atoms. The summed E-state index contributed by atoms with van der Waals surface area (Å²) in [5.41, 5.74) is 2.51. The Labute approximate surface area is 214 Å². The first-order valence-electron chi connectivity index (χ1n) is 11.1. The summed E-state index contributed by atoms with van der Waals surface area (Å²) in [6.45, 7) is -0.517. The van der Waals surface area contributed by atoms with Gasteiger partial charge in [0.25, 0.3) is 5.60 Å². The van der Waals surface area contributed by atoms with Gasteiger partial charge < -0.3 is 19.9 Å². The number of amidine groups is 1. The van der Waals surface area contributed by atoms with Gasteiger partial charge in [0.15, 0.2) is 6.10 Å². The molecule has 4 aromatic rings. The lowest BCUT2D eigenvalue weighted by Gasteiger charge is -2.33. The smallest absolute Gasteiger partial charge is 0.432 e. The average Bonchev–Trinajstić information content (AvgIpc) is 3.33. The Morgan fingerprint density at radius 3 is 2.24 bits per heavy atom. The lowest BCUT2D eigenvalue weighted by atomic mass is 9.92. The highest BCUT2D eigenvalue weighted by molar-refractivity contribution is 7.20. The second-order valence-corrected chi connectivity index (χ2v) is 9.14. The summed E-state index contributed by atoms with van der Waals surface area (Å²) in [5, 5.41) is 8.39. The first-order valence-corrected chi connectivity index (χ1v) is 11.9. The van der Waals surface area contributed by atoms with E-state index in [-0.39, 0.29) is 5.84 Å². The maximum absolute atomic E-state index is 14.3. The molecule has 192 valence electrons. The number of carbonyl (C=O) groups is 1. The van der Waals surface area contributed by atoms with Crippen LogP contribution in [0.4, 0.5) is 13.2 Å². The van der Waals surface area contributed by atoms with Crippen LogP contribution in [-0.2, 0) is 19.9 Å². The Kier molecular flexibility index (Phi) is 7.51. The Bertz CT molecular complexity index is 1390. The van der Waals surface area contributed by atoms with Gasteiger partial charge in [0.2, 0.25) is 0 Å². The third-order valence-electron chi connectivity index (χ3n) is 5.77. The van der Waals surface area contributed by atoms with E-state index in [0.29, 0.717) is 21.6 Å². The zero-order chi connectivity index (χ0) is 26.6. The summed E-state index contributed by atoms with van der Waals surface area (Å²) in [5.74, 6) is -1.29. The number of rotatable bonds is 9. The van der Waals surface area contributed by atoms with Gasteiger partial charge in [-0.3, -0.25) is 5.41 Å². The van der Waals surface area contributed by atoms with E-state index in [1.165, 1.54) is 29.5 Å². The van der Waals surface area contributed by atoms with Crippen molar-refractivity contribution in [1.29, 1.82) is 5.41 Å². The van der Waals surface area contributed by atoms with Crippen LogP contribution < -0.4 is 10.5 Å². The zero-order valence-corrected chi connectivity index (χ0v) is 20.4. The molecule has 0 radical (unpaired) electrons. The Morgan fingerprint density at radius 1 is 1.00 bits per heavy atom. The van der Waals surface area contributed by atoms with Crippen molar-refractivity contribution >= 4 is 33.2 Å². The summed E-state index contributed by atoms with van der Waals surface area (Å²) < 4.78 is 59.9. The first kappa shape index (κ1) is 26.2. The molecule has 0 aliphatic heterocycles. The van der Waals surface area contributed by atoms with Crippen LogP contribution in [0.1, 0.15) is 22.1 Å². The first-order chi connectivity index (χ1) is 17.7. The molecular weight excluding hydrogens is 505 g/mol. The monoisotopic (exact) mass is 528 g/mol. The molecule has 0 saturated carbocycles. The summed E-state index contributed by atoms with van der Waals surface area (Å²) in [6.07, 6.45) is -6.02. The van der Waals surface area contributed by atoms with Crippen molar-refractivity contribution in [3.05, 3.63) is 101 Å². The average molecular weight is 529 g/mol. The Balaban J connectivity index is 1.66. The molecule has 0 unspecified atom stereocenters. The van der Waals surface area contributed by atoms with Gasteiger partial charge in [-0.2, -0.15) is 13.2 Å². The van der Waals surface area contributed by atoms with E-state index in [9.17, 15) is 18.0 Å². The maximum Gasteiger partial charge on any atom is 0.432 e. The molecule has 0 fully saturated rings. The third kappa shape index (κ3) is 5.16. The van der Waals surface area contributed by atoms with Crippen molar-refractivity contribution in [1.82, 2.24) is 0 Å². The number of methoxy groups -OCH3 is 1. The molecule has 4 rings (SSSR count). The van der Waals surface area contributed by atoms with E-state index in [0.717, 1.165) is 23.9 Å². The van der Waals surface area contributed by atoms with Crippen LogP contribution in [0.15, 0.2) is 84.9 Å². The predicted molar refractivity (Wildman–Crippen MR) is 135 cm³/mol. The Hall–Kier alpha value is -3.89. The number of hydrogen-bond acceptors (Lipinski definition) is 6. The van der Waals surface area contributed by atoms with Crippen LogP contribution in [0.25, 0.3) is 10.1 Å². The number of ether oxygens (including phenoxy) is 3. The number of benzene rings is 3. The molecule has 6 nitrogen and oxygen atoms in total. The number of carbonyl (C=O) groups excluding carboxylic acids is 1. The fourth-order valence-electron chi connectivity index (χ4n) is 3.93. The highest BCUT2D eigenvalue weighted by Gasteiger charge is 2.64. The topological polar surface area (TPSA) is 94.6 Å². The lowest BCUT2D eigenvalue weighted by molar-refractivity contribution is -0.277. The van der Waals surface area contributed by atoms with Gasteiger partial charge in [-0.05, 0) is 23.8 Å². The van der Waals surface area contributed by atoms with E-state index in [1.54, 1.807) is 48.5 Å². The number of nitrogens with two attached hydrogens (primary N) is 1. The fraction of sp³-hybridized carbons (Fsp3) is 0.185. The molecule has 3 N–H and O–H groups in total. The molecule has 1 heterocycles. The number of hydrogen-bond donors (Lipinski definition) is 2. The van der Waals surface area contributed by atoms with E-state index in [2.05, 4.69) is 0 Å². The molecule has 3 aromatic carbocycles. The molecule has 0 amide bonds. The molecule has 2 atom stereocenters. The number of esters is 1. The largest absolute Gasteiger partial charge is 0.481 e. The summed E-state index contributed by atoms with van der Waals surface area (Å²) in [4.78, 5) is 13.6. The SMILES string of the molecule is CO[C@@](C(=O)OC[C@H](Oc1cccc2sc(C(=N)N)cc12)c1ccccc1)(c1ccccc1)C(F)(F)F.